The third-order valence-electron chi connectivity index (χ3n) is 2.56. The lowest BCUT2D eigenvalue weighted by atomic mass is 10.1. The Hall–Kier alpha value is -1.23. The van der Waals surface area contributed by atoms with Crippen LogP contribution in [-0.2, 0) is 16.1 Å². The summed E-state index contributed by atoms with van der Waals surface area (Å²) in [7, 11) is 0. The maximum absolute atomic E-state index is 11.8. The highest BCUT2D eigenvalue weighted by Gasteiger charge is 2.18. The highest BCUT2D eigenvalue weighted by Crippen LogP contribution is 2.30. The second-order valence-electron chi connectivity index (χ2n) is 5.77. The number of aromatic nitrogens is 2. The fraction of sp³-hybridized carbons (Fsp3) is 0.333. The zero-order chi connectivity index (χ0) is 16.5. The fourth-order valence-corrected chi connectivity index (χ4v) is 2.66. The van der Waals surface area contributed by atoms with E-state index in [4.69, 9.17) is 39.5 Å². The molecule has 1 aromatic heterocycles. The highest BCUT2D eigenvalue weighted by atomic mass is 35.5. The average molecular weight is 362 g/mol. The molecular formula is C15H15Cl3N2O2. The Bertz CT molecular complexity index is 685. The van der Waals surface area contributed by atoms with Gasteiger partial charge in [-0.25, -0.2) is 0 Å². The van der Waals surface area contributed by atoms with Crippen molar-refractivity contribution in [3.63, 3.8) is 0 Å². The van der Waals surface area contributed by atoms with Crippen LogP contribution in [0.4, 0.5) is 0 Å². The molecule has 0 unspecified atom stereocenters. The number of benzene rings is 1. The van der Waals surface area contributed by atoms with E-state index < -0.39 is 5.60 Å². The second-order valence-corrected chi connectivity index (χ2v) is 7.05. The van der Waals surface area contributed by atoms with Gasteiger partial charge in [0.25, 0.3) is 0 Å². The topological polar surface area (TPSA) is 44.1 Å². The van der Waals surface area contributed by atoms with Crippen molar-refractivity contribution >= 4 is 40.8 Å². The van der Waals surface area contributed by atoms with Crippen LogP contribution in [0.1, 0.15) is 20.8 Å². The van der Waals surface area contributed by atoms with E-state index >= 15 is 0 Å². The number of ether oxygens (including phenoxy) is 1. The Labute approximate surface area is 143 Å². The molecule has 0 atom stereocenters. The van der Waals surface area contributed by atoms with E-state index in [-0.39, 0.29) is 12.5 Å². The molecule has 0 radical (unpaired) electrons. The first-order valence-electron chi connectivity index (χ1n) is 6.55. The zero-order valence-electron chi connectivity index (χ0n) is 12.4. The summed E-state index contributed by atoms with van der Waals surface area (Å²) in [5.74, 6) is -0.387. The largest absolute Gasteiger partial charge is 0.459 e. The molecule has 1 aromatic carbocycles. The van der Waals surface area contributed by atoms with Crippen molar-refractivity contribution < 1.29 is 9.53 Å². The lowest BCUT2D eigenvalue weighted by Crippen LogP contribution is -2.26. The van der Waals surface area contributed by atoms with Crippen LogP contribution < -0.4 is 0 Å². The summed E-state index contributed by atoms with van der Waals surface area (Å²) in [6, 6.07) is 5.04. The first kappa shape index (κ1) is 17.1. The molecule has 0 saturated carbocycles. The number of hydrogen-bond acceptors (Lipinski definition) is 3. The van der Waals surface area contributed by atoms with Gasteiger partial charge in [-0.3, -0.25) is 9.48 Å². The molecule has 0 aliphatic carbocycles. The molecule has 0 aliphatic heterocycles. The van der Waals surface area contributed by atoms with Gasteiger partial charge in [0.05, 0.1) is 5.02 Å². The van der Waals surface area contributed by atoms with Gasteiger partial charge < -0.3 is 4.74 Å². The van der Waals surface area contributed by atoms with Crippen molar-refractivity contribution in [3.05, 3.63) is 39.5 Å². The van der Waals surface area contributed by atoms with Gasteiger partial charge in [-0.05, 0) is 39.0 Å². The molecule has 1 heterocycles. The summed E-state index contributed by atoms with van der Waals surface area (Å²) in [6.07, 6.45) is 1.57. The summed E-state index contributed by atoms with van der Waals surface area (Å²) in [4.78, 5) is 11.8. The number of hydrogen-bond donors (Lipinski definition) is 0. The number of rotatable bonds is 3. The predicted octanol–water partition coefficient (Wildman–Crippen LogP) is 4.85. The average Bonchev–Trinajstić information content (AvgIpc) is 2.66. The van der Waals surface area contributed by atoms with Crippen LogP contribution in [0.3, 0.4) is 0 Å². The van der Waals surface area contributed by atoms with Crippen molar-refractivity contribution in [1.82, 2.24) is 9.78 Å². The van der Waals surface area contributed by atoms with Crippen LogP contribution in [-0.4, -0.2) is 21.4 Å². The van der Waals surface area contributed by atoms with Crippen molar-refractivity contribution in [2.45, 2.75) is 32.9 Å². The molecule has 7 heteroatoms. The second kappa shape index (κ2) is 6.49. The van der Waals surface area contributed by atoms with Gasteiger partial charge in [0.15, 0.2) is 0 Å². The lowest BCUT2D eigenvalue weighted by molar-refractivity contribution is -0.155. The Morgan fingerprint density at radius 2 is 1.77 bits per heavy atom. The van der Waals surface area contributed by atoms with E-state index in [1.165, 1.54) is 4.68 Å². The van der Waals surface area contributed by atoms with Crippen molar-refractivity contribution in [2.75, 3.05) is 0 Å². The first-order chi connectivity index (χ1) is 10.1. The number of nitrogens with zero attached hydrogens (tertiary/aromatic N) is 2. The van der Waals surface area contributed by atoms with Gasteiger partial charge in [-0.2, -0.15) is 5.10 Å². The standard InChI is InChI=1S/C15H15Cl3N2O2/c1-15(2,3)22-13(21)8-20-7-12(18)14(19-20)9-4-10(16)6-11(17)5-9/h4-7H,8H2,1-3H3. The third-order valence-corrected chi connectivity index (χ3v) is 3.28. The van der Waals surface area contributed by atoms with Crippen LogP contribution >= 0.6 is 34.8 Å². The number of carbonyl (C=O) groups excluding carboxylic acids is 1. The van der Waals surface area contributed by atoms with Gasteiger partial charge in [0.1, 0.15) is 17.8 Å². The Balaban J connectivity index is 2.23. The molecule has 0 amide bonds. The molecule has 0 saturated heterocycles. The predicted molar refractivity (Wildman–Crippen MR) is 88.5 cm³/mol. The fourth-order valence-electron chi connectivity index (χ4n) is 1.87. The van der Waals surface area contributed by atoms with Crippen molar-refractivity contribution in [3.8, 4) is 11.3 Å². The van der Waals surface area contributed by atoms with E-state index in [0.29, 0.717) is 26.3 Å². The normalized spacial score (nSPS) is 11.5. The molecule has 0 spiro atoms. The minimum Gasteiger partial charge on any atom is -0.459 e. The van der Waals surface area contributed by atoms with Crippen LogP contribution in [0.25, 0.3) is 11.3 Å². The number of halogens is 3. The molecule has 2 aromatic rings. The van der Waals surface area contributed by atoms with Crippen molar-refractivity contribution in [2.24, 2.45) is 0 Å². The van der Waals surface area contributed by atoms with E-state index in [9.17, 15) is 4.79 Å². The van der Waals surface area contributed by atoms with Crippen LogP contribution in [0.15, 0.2) is 24.4 Å². The van der Waals surface area contributed by atoms with E-state index in [1.807, 2.05) is 0 Å². The summed E-state index contributed by atoms with van der Waals surface area (Å²) in [6.45, 7) is 5.40. The van der Waals surface area contributed by atoms with E-state index in [1.54, 1.807) is 45.2 Å². The Kier molecular flexibility index (Phi) is 5.05. The maximum atomic E-state index is 11.8. The van der Waals surface area contributed by atoms with Crippen LogP contribution in [0, 0.1) is 0 Å². The minimum atomic E-state index is -0.544. The monoisotopic (exact) mass is 360 g/mol. The van der Waals surface area contributed by atoms with Gasteiger partial charge in [-0.1, -0.05) is 34.8 Å². The Morgan fingerprint density at radius 3 is 2.32 bits per heavy atom. The van der Waals surface area contributed by atoms with Crippen molar-refractivity contribution in [1.29, 1.82) is 0 Å². The molecule has 22 heavy (non-hydrogen) atoms. The summed E-state index contributed by atoms with van der Waals surface area (Å²) >= 11 is 18.1. The molecule has 2 rings (SSSR count). The number of carbonyl (C=O) groups is 1. The summed E-state index contributed by atoms with van der Waals surface area (Å²) in [5.41, 5.74) is 0.650. The minimum absolute atomic E-state index is 0.0225. The SMILES string of the molecule is CC(C)(C)OC(=O)Cn1cc(Cl)c(-c2cc(Cl)cc(Cl)c2)n1. The van der Waals surface area contributed by atoms with Gasteiger partial charge in [-0.15, -0.1) is 0 Å². The highest BCUT2D eigenvalue weighted by molar-refractivity contribution is 6.36. The number of esters is 1. The summed E-state index contributed by atoms with van der Waals surface area (Å²) < 4.78 is 6.68. The molecule has 0 bridgehead atoms. The van der Waals surface area contributed by atoms with E-state index in [0.717, 1.165) is 0 Å². The smallest absolute Gasteiger partial charge is 0.328 e. The van der Waals surface area contributed by atoms with Gasteiger partial charge in [0, 0.05) is 21.8 Å². The molecule has 0 fully saturated rings. The maximum Gasteiger partial charge on any atom is 0.328 e. The Morgan fingerprint density at radius 1 is 1.18 bits per heavy atom. The van der Waals surface area contributed by atoms with E-state index in [2.05, 4.69) is 5.10 Å². The zero-order valence-corrected chi connectivity index (χ0v) is 14.6. The molecule has 118 valence electrons. The molecular weight excluding hydrogens is 347 g/mol. The first-order valence-corrected chi connectivity index (χ1v) is 7.69. The lowest BCUT2D eigenvalue weighted by Gasteiger charge is -2.19. The van der Waals surface area contributed by atoms with Gasteiger partial charge in [0.2, 0.25) is 0 Å². The summed E-state index contributed by atoms with van der Waals surface area (Å²) in [5, 5.41) is 5.68. The molecule has 4 nitrogen and oxygen atoms in total. The van der Waals surface area contributed by atoms with Crippen LogP contribution in [0.2, 0.25) is 15.1 Å². The quantitative estimate of drug-likeness (QED) is 0.734. The van der Waals surface area contributed by atoms with Crippen LogP contribution in [0.5, 0.6) is 0 Å². The molecule has 0 aliphatic rings. The van der Waals surface area contributed by atoms with Gasteiger partial charge >= 0.3 is 5.97 Å². The third kappa shape index (κ3) is 4.63. The molecule has 0 N–H and O–H groups in total.